The molecular formula is C35H54N6O8. The zero-order chi connectivity index (χ0) is 36.7. The fourth-order valence-corrected chi connectivity index (χ4v) is 5.15. The number of imide groups is 1. The van der Waals surface area contributed by atoms with Crippen molar-refractivity contribution in [3.63, 3.8) is 0 Å². The monoisotopic (exact) mass is 686 g/mol. The maximum Gasteiger partial charge on any atom is 0.312 e. The number of unbranched alkanes of at least 4 members (excludes halogenated alkanes) is 2. The fraction of sp³-hybridized carbons (Fsp3) is 0.629. The van der Waals surface area contributed by atoms with Gasteiger partial charge in [-0.3, -0.25) is 33.7 Å². The number of amides is 7. The summed E-state index contributed by atoms with van der Waals surface area (Å²) < 4.78 is 5.33. The predicted molar refractivity (Wildman–Crippen MR) is 183 cm³/mol. The molecule has 1 aromatic carbocycles. The van der Waals surface area contributed by atoms with E-state index in [-0.39, 0.29) is 67.9 Å². The minimum atomic E-state index is -0.990. The summed E-state index contributed by atoms with van der Waals surface area (Å²) in [6.45, 7) is 11.4. The molecule has 1 unspecified atom stereocenters. The van der Waals surface area contributed by atoms with E-state index >= 15 is 0 Å². The lowest BCUT2D eigenvalue weighted by atomic mass is 9.97. The summed E-state index contributed by atoms with van der Waals surface area (Å²) in [4.78, 5) is 88.4. The molecule has 0 aromatic heterocycles. The Bertz CT molecular complexity index is 1320. The molecule has 0 spiro atoms. The molecule has 6 N–H and O–H groups in total. The van der Waals surface area contributed by atoms with Crippen molar-refractivity contribution in [1.82, 2.24) is 20.9 Å². The van der Waals surface area contributed by atoms with Crippen molar-refractivity contribution >= 4 is 47.2 Å². The van der Waals surface area contributed by atoms with E-state index in [2.05, 4.69) is 21.3 Å². The summed E-state index contributed by atoms with van der Waals surface area (Å²) in [5.41, 5.74) is 5.71. The van der Waals surface area contributed by atoms with E-state index in [1.807, 2.05) is 6.92 Å². The second kappa shape index (κ2) is 19.5. The summed E-state index contributed by atoms with van der Waals surface area (Å²) in [5, 5.41) is 10.8. The van der Waals surface area contributed by atoms with Crippen molar-refractivity contribution < 1.29 is 38.3 Å². The van der Waals surface area contributed by atoms with E-state index in [0.717, 1.165) is 5.56 Å². The number of carbonyl (C=O) groups is 7. The standard InChI is InChI=1S/C35H54N6O8/c1-7-24-20-28(43)41(32(24)46)19-10-8-9-13-27(42)40-29(22(2)3)31(45)39-26(12-11-18-37-34(36)48)30(44)38-25-16-14-23(15-17-25)21-49-33(47)35(4,5)6/h14-17,22,24,26,29H,7-13,18-21H2,1-6H3,(H,38,44)(H,39,45)(H,40,42)(H3,36,37,48)/t24?,26-,29-/m0/s1. The number of rotatable bonds is 19. The third kappa shape index (κ3) is 13.9. The van der Waals surface area contributed by atoms with Crippen LogP contribution in [0.15, 0.2) is 24.3 Å². The zero-order valence-electron chi connectivity index (χ0n) is 29.7. The molecule has 1 saturated heterocycles. The Morgan fingerprint density at radius 2 is 1.63 bits per heavy atom. The van der Waals surface area contributed by atoms with E-state index in [9.17, 15) is 33.6 Å². The number of hydrogen-bond acceptors (Lipinski definition) is 8. The molecule has 3 atom stereocenters. The highest BCUT2D eigenvalue weighted by Gasteiger charge is 2.36. The normalized spacial score (nSPS) is 15.8. The minimum absolute atomic E-state index is 0.0816. The summed E-state index contributed by atoms with van der Waals surface area (Å²) >= 11 is 0. The average molecular weight is 687 g/mol. The molecule has 1 heterocycles. The third-order valence-electron chi connectivity index (χ3n) is 8.19. The molecule has 0 saturated carbocycles. The predicted octanol–water partition coefficient (Wildman–Crippen LogP) is 3.13. The van der Waals surface area contributed by atoms with Crippen LogP contribution in [0.1, 0.15) is 98.5 Å². The molecule has 0 bridgehead atoms. The van der Waals surface area contributed by atoms with Gasteiger partial charge in [-0.2, -0.15) is 0 Å². The van der Waals surface area contributed by atoms with Gasteiger partial charge in [0.1, 0.15) is 18.7 Å². The van der Waals surface area contributed by atoms with Crippen LogP contribution in [0.5, 0.6) is 0 Å². The van der Waals surface area contributed by atoms with Crippen LogP contribution in [0.3, 0.4) is 0 Å². The molecule has 2 rings (SSSR count). The molecule has 1 aromatic rings. The number of hydrogen-bond donors (Lipinski definition) is 5. The number of urea groups is 1. The number of carbonyl (C=O) groups excluding carboxylic acids is 7. The number of primary amides is 1. The first-order chi connectivity index (χ1) is 23.0. The first-order valence-corrected chi connectivity index (χ1v) is 17.1. The van der Waals surface area contributed by atoms with Crippen molar-refractivity contribution in [2.45, 2.75) is 112 Å². The number of ether oxygens (including phenoxy) is 1. The number of likely N-dealkylation sites (tertiary alicyclic amines) is 1. The quantitative estimate of drug-likeness (QED) is 0.0828. The number of benzene rings is 1. The number of esters is 1. The lowest BCUT2D eigenvalue weighted by Gasteiger charge is -2.25. The summed E-state index contributed by atoms with van der Waals surface area (Å²) in [6.07, 6.45) is 3.30. The van der Waals surface area contributed by atoms with E-state index < -0.39 is 35.3 Å². The Labute approximate surface area is 289 Å². The second-order valence-corrected chi connectivity index (χ2v) is 13.8. The van der Waals surface area contributed by atoms with Crippen molar-refractivity contribution in [3.8, 4) is 0 Å². The highest BCUT2D eigenvalue weighted by atomic mass is 16.5. The van der Waals surface area contributed by atoms with Crippen LogP contribution in [0.2, 0.25) is 0 Å². The van der Waals surface area contributed by atoms with Gasteiger partial charge in [0.15, 0.2) is 0 Å². The highest BCUT2D eigenvalue weighted by molar-refractivity contribution is 6.03. The van der Waals surface area contributed by atoms with Gasteiger partial charge in [0, 0.05) is 37.5 Å². The van der Waals surface area contributed by atoms with Gasteiger partial charge in [-0.15, -0.1) is 0 Å². The summed E-state index contributed by atoms with van der Waals surface area (Å²) in [5.74, 6) is -2.48. The number of nitrogens with two attached hydrogens (primary N) is 1. The van der Waals surface area contributed by atoms with Crippen molar-refractivity contribution in [3.05, 3.63) is 29.8 Å². The molecule has 49 heavy (non-hydrogen) atoms. The molecule has 1 aliphatic heterocycles. The fourth-order valence-electron chi connectivity index (χ4n) is 5.15. The van der Waals surface area contributed by atoms with Crippen LogP contribution in [0, 0.1) is 17.3 Å². The molecular weight excluding hydrogens is 632 g/mol. The topological polar surface area (TPSA) is 206 Å². The molecule has 1 fully saturated rings. The molecule has 14 heteroatoms. The number of anilines is 1. The third-order valence-corrected chi connectivity index (χ3v) is 8.19. The Morgan fingerprint density at radius 1 is 0.959 bits per heavy atom. The van der Waals surface area contributed by atoms with Crippen LogP contribution in [0.4, 0.5) is 10.5 Å². The lowest BCUT2D eigenvalue weighted by Crippen LogP contribution is -2.54. The van der Waals surface area contributed by atoms with Crippen LogP contribution in [-0.2, 0) is 40.1 Å². The SMILES string of the molecule is CCC1CC(=O)N(CCCCCC(=O)N[C@H](C(=O)N[C@@H](CCCNC(N)=O)C(=O)Nc2ccc(COC(=O)C(C)(C)C)cc2)C(C)C)C1=O. The van der Waals surface area contributed by atoms with Crippen molar-refractivity contribution in [2.24, 2.45) is 23.0 Å². The van der Waals surface area contributed by atoms with E-state index in [4.69, 9.17) is 10.5 Å². The summed E-state index contributed by atoms with van der Waals surface area (Å²) in [6, 6.07) is 4.14. The number of nitrogens with zero attached hydrogens (tertiary/aromatic N) is 1. The maximum absolute atomic E-state index is 13.4. The smallest absolute Gasteiger partial charge is 0.312 e. The molecule has 272 valence electrons. The van der Waals surface area contributed by atoms with Gasteiger partial charge in [-0.1, -0.05) is 39.3 Å². The zero-order valence-corrected chi connectivity index (χ0v) is 29.7. The van der Waals surface area contributed by atoms with Crippen LogP contribution in [-0.4, -0.2) is 71.6 Å². The Balaban J connectivity index is 1.95. The first kappa shape index (κ1) is 40.7. The van der Waals surface area contributed by atoms with Gasteiger partial charge < -0.3 is 31.7 Å². The first-order valence-electron chi connectivity index (χ1n) is 17.1. The molecule has 0 aliphatic carbocycles. The van der Waals surface area contributed by atoms with Crippen LogP contribution < -0.4 is 27.0 Å². The van der Waals surface area contributed by atoms with E-state index in [1.165, 1.54) is 4.90 Å². The van der Waals surface area contributed by atoms with Gasteiger partial charge in [0.2, 0.25) is 29.5 Å². The van der Waals surface area contributed by atoms with Crippen molar-refractivity contribution in [1.29, 1.82) is 0 Å². The highest BCUT2D eigenvalue weighted by Crippen LogP contribution is 2.23. The maximum atomic E-state index is 13.4. The van der Waals surface area contributed by atoms with Gasteiger partial charge >= 0.3 is 12.0 Å². The Kier molecular flexibility index (Phi) is 16.2. The van der Waals surface area contributed by atoms with E-state index in [1.54, 1.807) is 58.9 Å². The van der Waals surface area contributed by atoms with Gasteiger partial charge in [-0.25, -0.2) is 4.79 Å². The minimum Gasteiger partial charge on any atom is -0.460 e. The van der Waals surface area contributed by atoms with Crippen LogP contribution >= 0.6 is 0 Å². The molecule has 1 aliphatic rings. The van der Waals surface area contributed by atoms with Gasteiger partial charge in [0.05, 0.1) is 5.41 Å². The van der Waals surface area contributed by atoms with Crippen molar-refractivity contribution in [2.75, 3.05) is 18.4 Å². The van der Waals surface area contributed by atoms with Gasteiger partial charge in [-0.05, 0) is 76.5 Å². The summed E-state index contributed by atoms with van der Waals surface area (Å²) in [7, 11) is 0. The molecule has 7 amide bonds. The average Bonchev–Trinajstić information content (AvgIpc) is 3.31. The number of nitrogens with one attached hydrogen (secondary N) is 4. The second-order valence-electron chi connectivity index (χ2n) is 13.8. The largest absolute Gasteiger partial charge is 0.460 e. The Hall–Kier alpha value is -4.49. The van der Waals surface area contributed by atoms with Crippen LogP contribution in [0.25, 0.3) is 0 Å². The Morgan fingerprint density at radius 3 is 2.20 bits per heavy atom. The molecule has 0 radical (unpaired) electrons. The lowest BCUT2D eigenvalue weighted by molar-refractivity contribution is -0.154. The van der Waals surface area contributed by atoms with Gasteiger partial charge in [0.25, 0.3) is 0 Å². The van der Waals surface area contributed by atoms with E-state index in [0.29, 0.717) is 44.3 Å². The molecule has 14 nitrogen and oxygen atoms in total.